The van der Waals surface area contributed by atoms with E-state index in [1.807, 2.05) is 36.4 Å². The van der Waals surface area contributed by atoms with Gasteiger partial charge in [0.2, 0.25) is 6.79 Å². The normalized spacial score (nSPS) is 15.4. The number of carbonyl (C=O) groups is 2. The number of aromatic nitrogens is 1. The first-order valence-electron chi connectivity index (χ1n) is 14.0. The number of hydrogen-bond acceptors (Lipinski definition) is 10. The third-order valence-corrected chi connectivity index (χ3v) is 7.93. The molecule has 0 N–H and O–H groups in total. The third kappa shape index (κ3) is 5.61. The Morgan fingerprint density at radius 3 is 2.52 bits per heavy atom. The highest BCUT2D eigenvalue weighted by Crippen LogP contribution is 2.40. The molecule has 2 aliphatic rings. The highest BCUT2D eigenvalue weighted by atomic mass is 32.1. The Bertz CT molecular complexity index is 1940. The van der Waals surface area contributed by atoms with Gasteiger partial charge in [-0.15, -0.1) is 0 Å². The summed E-state index contributed by atoms with van der Waals surface area (Å²) in [7, 11) is 0. The van der Waals surface area contributed by atoms with Crippen LogP contribution in [0.15, 0.2) is 88.2 Å². The monoisotopic (exact) mass is 612 g/mol. The molecule has 1 atom stereocenters. The molecule has 3 heterocycles. The Kier molecular flexibility index (Phi) is 8.29. The molecule has 44 heavy (non-hydrogen) atoms. The van der Waals surface area contributed by atoms with Crippen molar-refractivity contribution in [1.82, 2.24) is 4.57 Å². The summed E-state index contributed by atoms with van der Waals surface area (Å²) >= 11 is 1.19. The van der Waals surface area contributed by atoms with Crippen LogP contribution in [0.1, 0.15) is 36.6 Å². The Morgan fingerprint density at radius 1 is 0.977 bits per heavy atom. The van der Waals surface area contributed by atoms with E-state index in [-0.39, 0.29) is 37.7 Å². The molecule has 0 fully saturated rings. The van der Waals surface area contributed by atoms with Gasteiger partial charge in [0.05, 0.1) is 35.1 Å². The predicted molar refractivity (Wildman–Crippen MR) is 162 cm³/mol. The summed E-state index contributed by atoms with van der Waals surface area (Å²) in [4.78, 5) is 45.1. The summed E-state index contributed by atoms with van der Waals surface area (Å²) < 4.78 is 29.2. The third-order valence-electron chi connectivity index (χ3n) is 6.94. The van der Waals surface area contributed by atoms with Crippen LogP contribution in [0, 0.1) is 0 Å². The fourth-order valence-corrected chi connectivity index (χ4v) is 6.04. The molecule has 6 rings (SSSR count). The molecule has 224 valence electrons. The van der Waals surface area contributed by atoms with Crippen LogP contribution in [0.4, 0.5) is 0 Å². The Balaban J connectivity index is 1.55. The zero-order valence-electron chi connectivity index (χ0n) is 24.0. The van der Waals surface area contributed by atoms with E-state index in [1.165, 1.54) is 15.9 Å². The number of esters is 2. The lowest BCUT2D eigenvalue weighted by molar-refractivity contribution is -0.145. The van der Waals surface area contributed by atoms with Gasteiger partial charge in [0.1, 0.15) is 5.75 Å². The Hall–Kier alpha value is -5.16. The van der Waals surface area contributed by atoms with E-state index in [1.54, 1.807) is 56.3 Å². The molecule has 1 aromatic heterocycles. The van der Waals surface area contributed by atoms with Crippen molar-refractivity contribution < 1.29 is 33.3 Å². The van der Waals surface area contributed by atoms with Crippen LogP contribution in [0.5, 0.6) is 17.2 Å². The van der Waals surface area contributed by atoms with E-state index in [4.69, 9.17) is 28.7 Å². The van der Waals surface area contributed by atoms with Gasteiger partial charge in [-0.1, -0.05) is 65.9 Å². The molecule has 0 bridgehead atoms. The average molecular weight is 613 g/mol. The van der Waals surface area contributed by atoms with Crippen molar-refractivity contribution in [2.45, 2.75) is 19.9 Å². The molecule has 2 aliphatic heterocycles. The number of nitrogens with zero attached hydrogens (tertiary/aromatic N) is 2. The minimum atomic E-state index is -0.868. The molecular weight excluding hydrogens is 584 g/mol. The molecule has 11 heteroatoms. The Labute approximate surface area is 256 Å². The van der Waals surface area contributed by atoms with Crippen molar-refractivity contribution in [3.8, 4) is 17.2 Å². The number of benzene rings is 3. The topological polar surface area (TPSA) is 115 Å². The van der Waals surface area contributed by atoms with Crippen LogP contribution in [0.2, 0.25) is 0 Å². The fraction of sp³-hybridized carbons (Fsp3) is 0.212. The summed E-state index contributed by atoms with van der Waals surface area (Å²) in [6.07, 6.45) is 1.69. The number of ether oxygens (including phenoxy) is 5. The van der Waals surface area contributed by atoms with E-state index >= 15 is 0 Å². The highest BCUT2D eigenvalue weighted by Gasteiger charge is 2.36. The summed E-state index contributed by atoms with van der Waals surface area (Å²) in [6.45, 7) is 3.65. The lowest BCUT2D eigenvalue weighted by atomic mass is 9.93. The maximum Gasteiger partial charge on any atom is 0.344 e. The summed E-state index contributed by atoms with van der Waals surface area (Å²) in [5, 5.41) is 0. The second-order valence-electron chi connectivity index (χ2n) is 9.68. The molecule has 3 aromatic carbocycles. The second kappa shape index (κ2) is 12.6. The smallest absolute Gasteiger partial charge is 0.344 e. The van der Waals surface area contributed by atoms with Crippen molar-refractivity contribution >= 4 is 35.0 Å². The largest absolute Gasteiger partial charge is 0.481 e. The van der Waals surface area contributed by atoms with Gasteiger partial charge in [0.25, 0.3) is 5.56 Å². The number of para-hydroxylation sites is 1. The van der Waals surface area contributed by atoms with Crippen molar-refractivity contribution in [2.75, 3.05) is 26.6 Å². The standard InChI is InChI=1S/C33H28N2O8S/c1-3-39-27(36)18-41-23-13-9-8-12-21(23)17-26-31(37)35-30(22-14-15-24-25(16-22)43-19-42-24)28(32(38)40-4-2)29(34-33(35)44-26)20-10-6-5-7-11-20/h5-17,30H,3-4,18-19H2,1-2H3/b26-17-/t30-/m0/s1. The van der Waals surface area contributed by atoms with Gasteiger partial charge in [-0.05, 0) is 43.7 Å². The first kappa shape index (κ1) is 28.9. The molecule has 0 saturated heterocycles. The van der Waals surface area contributed by atoms with E-state index < -0.39 is 18.0 Å². The summed E-state index contributed by atoms with van der Waals surface area (Å²) in [5.41, 5.74) is 2.22. The number of rotatable bonds is 9. The molecular formula is C33H28N2O8S. The van der Waals surface area contributed by atoms with Gasteiger partial charge in [-0.2, -0.15) is 0 Å². The first-order chi connectivity index (χ1) is 21.5. The van der Waals surface area contributed by atoms with Crippen molar-refractivity contribution in [3.05, 3.63) is 115 Å². The van der Waals surface area contributed by atoms with E-state index in [0.717, 1.165) is 0 Å². The molecule has 10 nitrogen and oxygen atoms in total. The molecule has 0 radical (unpaired) electrons. The fourth-order valence-electron chi connectivity index (χ4n) is 5.05. The van der Waals surface area contributed by atoms with Gasteiger partial charge in [0, 0.05) is 11.1 Å². The maximum absolute atomic E-state index is 14.2. The second-order valence-corrected chi connectivity index (χ2v) is 10.7. The molecule has 0 spiro atoms. The maximum atomic E-state index is 14.2. The lowest BCUT2D eigenvalue weighted by Gasteiger charge is -2.26. The zero-order chi connectivity index (χ0) is 30.6. The van der Waals surface area contributed by atoms with E-state index in [9.17, 15) is 14.4 Å². The van der Waals surface area contributed by atoms with Crippen LogP contribution >= 0.6 is 11.3 Å². The van der Waals surface area contributed by atoms with Crippen LogP contribution in [0.25, 0.3) is 11.8 Å². The van der Waals surface area contributed by atoms with Crippen LogP contribution in [-0.4, -0.2) is 43.1 Å². The minimum absolute atomic E-state index is 0.0784. The van der Waals surface area contributed by atoms with Crippen molar-refractivity contribution in [2.24, 2.45) is 4.99 Å². The van der Waals surface area contributed by atoms with E-state index in [0.29, 0.717) is 49.0 Å². The summed E-state index contributed by atoms with van der Waals surface area (Å²) in [5.74, 6) is 0.426. The molecule has 4 aromatic rings. The number of hydrogen-bond donors (Lipinski definition) is 0. The van der Waals surface area contributed by atoms with Gasteiger partial charge in [-0.3, -0.25) is 9.36 Å². The van der Waals surface area contributed by atoms with Crippen LogP contribution < -0.4 is 29.1 Å². The lowest BCUT2D eigenvalue weighted by Crippen LogP contribution is -2.40. The number of fused-ring (bicyclic) bond motifs is 2. The van der Waals surface area contributed by atoms with Crippen LogP contribution in [0.3, 0.4) is 0 Å². The van der Waals surface area contributed by atoms with Gasteiger partial charge in [-0.25, -0.2) is 14.6 Å². The molecule has 0 unspecified atom stereocenters. The number of carbonyl (C=O) groups excluding carboxylic acids is 2. The minimum Gasteiger partial charge on any atom is -0.481 e. The molecule has 0 saturated carbocycles. The first-order valence-corrected chi connectivity index (χ1v) is 14.9. The van der Waals surface area contributed by atoms with Crippen molar-refractivity contribution in [1.29, 1.82) is 0 Å². The highest BCUT2D eigenvalue weighted by molar-refractivity contribution is 7.07. The summed E-state index contributed by atoms with van der Waals surface area (Å²) in [6, 6.07) is 20.9. The SMILES string of the molecule is CCOC(=O)COc1ccccc1/C=c1\sc2n(c1=O)[C@@H](c1ccc3c(c1)OCO3)C(C(=O)OCC)=C(c1ccccc1)N=2. The number of thiazole rings is 1. The quantitative estimate of drug-likeness (QED) is 0.264. The Morgan fingerprint density at radius 2 is 1.73 bits per heavy atom. The van der Waals surface area contributed by atoms with Gasteiger partial charge >= 0.3 is 11.9 Å². The molecule has 0 amide bonds. The van der Waals surface area contributed by atoms with Gasteiger partial charge in [0.15, 0.2) is 22.9 Å². The van der Waals surface area contributed by atoms with Crippen LogP contribution in [-0.2, 0) is 19.1 Å². The average Bonchev–Trinajstić information content (AvgIpc) is 3.64. The predicted octanol–water partition coefficient (Wildman–Crippen LogP) is 3.61. The van der Waals surface area contributed by atoms with Crippen molar-refractivity contribution in [3.63, 3.8) is 0 Å². The van der Waals surface area contributed by atoms with E-state index in [2.05, 4.69) is 0 Å². The molecule has 0 aliphatic carbocycles. The zero-order valence-corrected chi connectivity index (χ0v) is 24.8. The van der Waals surface area contributed by atoms with Gasteiger partial charge < -0.3 is 23.7 Å².